The highest BCUT2D eigenvalue weighted by Gasteiger charge is 2.28. The molecule has 1 amide bonds. The van der Waals surface area contributed by atoms with Crippen LogP contribution in [0.3, 0.4) is 0 Å². The molecule has 1 heterocycles. The maximum absolute atomic E-state index is 12.2. The second kappa shape index (κ2) is 8.30. The van der Waals surface area contributed by atoms with Gasteiger partial charge in [0.2, 0.25) is 10.0 Å². The number of esters is 1. The number of nitrogens with two attached hydrogens (primary N) is 1. The molecule has 0 aromatic heterocycles. The van der Waals surface area contributed by atoms with E-state index in [9.17, 15) is 18.0 Å². The molecule has 2 aromatic rings. The maximum atomic E-state index is 12.2. The summed E-state index contributed by atoms with van der Waals surface area (Å²) in [7, 11) is -3.26. The first kappa shape index (κ1) is 19.7. The molecule has 148 valence electrons. The van der Waals surface area contributed by atoms with Gasteiger partial charge in [-0.3, -0.25) is 9.10 Å². The van der Waals surface area contributed by atoms with E-state index in [2.05, 4.69) is 0 Å². The van der Waals surface area contributed by atoms with Gasteiger partial charge in [0.25, 0.3) is 5.91 Å². The average Bonchev–Trinajstić information content (AvgIpc) is 3.04. The highest BCUT2D eigenvalue weighted by molar-refractivity contribution is 7.93. The molecule has 3 rings (SSSR count). The summed E-state index contributed by atoms with van der Waals surface area (Å²) in [4.78, 5) is 23.0. The van der Waals surface area contributed by atoms with Crippen molar-refractivity contribution in [1.29, 1.82) is 0 Å². The number of hydrogen-bond donors (Lipinski definition) is 1. The summed E-state index contributed by atoms with van der Waals surface area (Å²) in [6.07, 6.45) is 0.592. The maximum Gasteiger partial charge on any atom is 0.338 e. The Labute approximate surface area is 162 Å². The lowest BCUT2D eigenvalue weighted by atomic mass is 10.2. The number of amides is 1. The SMILES string of the molecule is NC(=O)COc1cccc(COC(=O)c2ccc(N3CCCS3(=O)=O)cc2)c1. The Bertz CT molecular complexity index is 972. The van der Waals surface area contributed by atoms with E-state index in [0.29, 0.717) is 35.5 Å². The minimum atomic E-state index is -3.26. The Kier molecular flexibility index (Phi) is 5.84. The number of anilines is 1. The zero-order valence-electron chi connectivity index (χ0n) is 15.0. The van der Waals surface area contributed by atoms with Crippen molar-refractivity contribution in [2.75, 3.05) is 23.2 Å². The molecule has 8 nitrogen and oxygen atoms in total. The predicted octanol–water partition coefficient (Wildman–Crippen LogP) is 1.45. The summed E-state index contributed by atoms with van der Waals surface area (Å²) in [6.45, 7) is 0.234. The number of sulfonamides is 1. The van der Waals surface area contributed by atoms with Gasteiger partial charge in [-0.15, -0.1) is 0 Å². The van der Waals surface area contributed by atoms with Crippen molar-refractivity contribution < 1.29 is 27.5 Å². The van der Waals surface area contributed by atoms with E-state index in [1.54, 1.807) is 36.4 Å². The average molecular weight is 404 g/mol. The van der Waals surface area contributed by atoms with Crippen LogP contribution in [0.15, 0.2) is 48.5 Å². The van der Waals surface area contributed by atoms with Gasteiger partial charge in [0.15, 0.2) is 6.61 Å². The number of ether oxygens (including phenoxy) is 2. The molecule has 1 aliphatic rings. The largest absolute Gasteiger partial charge is 0.484 e. The Morgan fingerprint density at radius 1 is 1.11 bits per heavy atom. The van der Waals surface area contributed by atoms with Gasteiger partial charge < -0.3 is 15.2 Å². The van der Waals surface area contributed by atoms with Crippen molar-refractivity contribution in [3.05, 3.63) is 59.7 Å². The fraction of sp³-hybridized carbons (Fsp3) is 0.263. The number of carbonyl (C=O) groups excluding carboxylic acids is 2. The van der Waals surface area contributed by atoms with E-state index in [1.807, 2.05) is 0 Å². The van der Waals surface area contributed by atoms with Crippen LogP contribution in [-0.4, -0.2) is 39.2 Å². The lowest BCUT2D eigenvalue weighted by molar-refractivity contribution is -0.119. The predicted molar refractivity (Wildman–Crippen MR) is 102 cm³/mol. The fourth-order valence-electron chi connectivity index (χ4n) is 2.81. The Balaban J connectivity index is 1.59. The number of nitrogens with zero attached hydrogens (tertiary/aromatic N) is 1. The Morgan fingerprint density at radius 2 is 1.86 bits per heavy atom. The quantitative estimate of drug-likeness (QED) is 0.698. The topological polar surface area (TPSA) is 116 Å². The number of benzene rings is 2. The highest BCUT2D eigenvalue weighted by atomic mass is 32.2. The van der Waals surface area contributed by atoms with Crippen molar-refractivity contribution in [2.45, 2.75) is 13.0 Å². The zero-order chi connectivity index (χ0) is 20.1. The number of primary amides is 1. The summed E-state index contributed by atoms with van der Waals surface area (Å²) in [5.41, 5.74) is 6.58. The lowest BCUT2D eigenvalue weighted by Gasteiger charge is -2.16. The monoisotopic (exact) mass is 404 g/mol. The molecule has 0 radical (unpaired) electrons. The minimum Gasteiger partial charge on any atom is -0.484 e. The van der Waals surface area contributed by atoms with Gasteiger partial charge in [-0.25, -0.2) is 13.2 Å². The highest BCUT2D eigenvalue weighted by Crippen LogP contribution is 2.24. The molecule has 0 bridgehead atoms. The van der Waals surface area contributed by atoms with Gasteiger partial charge in [-0.2, -0.15) is 0 Å². The number of carbonyl (C=O) groups is 2. The van der Waals surface area contributed by atoms with Gasteiger partial charge in [0.1, 0.15) is 12.4 Å². The third-order valence-corrected chi connectivity index (χ3v) is 6.01. The van der Waals surface area contributed by atoms with Crippen LogP contribution in [0.5, 0.6) is 5.75 Å². The van der Waals surface area contributed by atoms with Crippen molar-refractivity contribution >= 4 is 27.6 Å². The van der Waals surface area contributed by atoms with Crippen LogP contribution in [0.25, 0.3) is 0 Å². The Hall–Kier alpha value is -3.07. The van der Waals surface area contributed by atoms with E-state index >= 15 is 0 Å². The van der Waals surface area contributed by atoms with Gasteiger partial charge in [0.05, 0.1) is 17.0 Å². The standard InChI is InChI=1S/C19H20N2O6S/c20-18(22)13-26-17-4-1-3-14(11-17)12-27-19(23)15-5-7-16(8-6-15)21-9-2-10-28(21,24)25/h1,3-8,11H,2,9-10,12-13H2,(H2,20,22). The molecular formula is C19H20N2O6S. The van der Waals surface area contributed by atoms with Crippen LogP contribution < -0.4 is 14.8 Å². The van der Waals surface area contributed by atoms with E-state index in [1.165, 1.54) is 16.4 Å². The van der Waals surface area contributed by atoms with Crippen molar-refractivity contribution in [3.63, 3.8) is 0 Å². The zero-order valence-corrected chi connectivity index (χ0v) is 15.9. The number of hydrogen-bond acceptors (Lipinski definition) is 6. The molecule has 0 saturated carbocycles. The number of rotatable bonds is 7. The molecule has 0 aliphatic carbocycles. The Morgan fingerprint density at radius 3 is 2.50 bits per heavy atom. The van der Waals surface area contributed by atoms with Crippen LogP contribution >= 0.6 is 0 Å². The molecule has 1 aliphatic heterocycles. The normalized spacial score (nSPS) is 15.2. The van der Waals surface area contributed by atoms with Crippen LogP contribution in [0.1, 0.15) is 22.3 Å². The molecule has 0 spiro atoms. The molecule has 0 unspecified atom stereocenters. The van der Waals surface area contributed by atoms with E-state index in [-0.39, 0.29) is 19.0 Å². The molecule has 2 aromatic carbocycles. The second-order valence-corrected chi connectivity index (χ2v) is 8.28. The van der Waals surface area contributed by atoms with E-state index in [0.717, 1.165) is 0 Å². The second-order valence-electron chi connectivity index (χ2n) is 6.27. The summed E-state index contributed by atoms with van der Waals surface area (Å²) < 4.78 is 35.7. The first-order chi connectivity index (χ1) is 13.3. The molecule has 2 N–H and O–H groups in total. The van der Waals surface area contributed by atoms with Crippen LogP contribution in [0.2, 0.25) is 0 Å². The first-order valence-electron chi connectivity index (χ1n) is 8.63. The van der Waals surface area contributed by atoms with Gasteiger partial charge in [0, 0.05) is 6.54 Å². The fourth-order valence-corrected chi connectivity index (χ4v) is 4.37. The van der Waals surface area contributed by atoms with E-state index in [4.69, 9.17) is 15.2 Å². The van der Waals surface area contributed by atoms with Crippen LogP contribution in [0.4, 0.5) is 5.69 Å². The van der Waals surface area contributed by atoms with E-state index < -0.39 is 21.9 Å². The van der Waals surface area contributed by atoms with Crippen molar-refractivity contribution in [1.82, 2.24) is 0 Å². The summed E-state index contributed by atoms with van der Waals surface area (Å²) in [5, 5.41) is 0. The summed E-state index contributed by atoms with van der Waals surface area (Å²) in [5.74, 6) is -0.524. The molecule has 9 heteroatoms. The summed E-state index contributed by atoms with van der Waals surface area (Å²) in [6, 6.07) is 13.1. The molecule has 1 fully saturated rings. The third-order valence-electron chi connectivity index (χ3n) is 4.14. The van der Waals surface area contributed by atoms with Gasteiger partial charge >= 0.3 is 5.97 Å². The van der Waals surface area contributed by atoms with Crippen LogP contribution in [-0.2, 0) is 26.2 Å². The molecule has 0 atom stereocenters. The first-order valence-corrected chi connectivity index (χ1v) is 10.2. The van der Waals surface area contributed by atoms with Gasteiger partial charge in [-0.1, -0.05) is 12.1 Å². The minimum absolute atomic E-state index is 0.0227. The van der Waals surface area contributed by atoms with Crippen molar-refractivity contribution in [2.24, 2.45) is 5.73 Å². The third kappa shape index (κ3) is 4.80. The van der Waals surface area contributed by atoms with Crippen LogP contribution in [0, 0.1) is 0 Å². The van der Waals surface area contributed by atoms with Gasteiger partial charge in [-0.05, 0) is 48.4 Å². The van der Waals surface area contributed by atoms with Crippen molar-refractivity contribution in [3.8, 4) is 5.75 Å². The molecular weight excluding hydrogens is 384 g/mol. The smallest absolute Gasteiger partial charge is 0.338 e. The lowest BCUT2D eigenvalue weighted by Crippen LogP contribution is -2.25. The summed E-state index contributed by atoms with van der Waals surface area (Å²) >= 11 is 0. The molecule has 1 saturated heterocycles. The molecule has 28 heavy (non-hydrogen) atoms.